The Morgan fingerprint density at radius 3 is 2.60 bits per heavy atom. The van der Waals surface area contributed by atoms with Crippen LogP contribution in [0.2, 0.25) is 0 Å². The molecule has 0 saturated heterocycles. The summed E-state index contributed by atoms with van der Waals surface area (Å²) in [6.45, 7) is 1.93. The molecule has 3 heterocycles. The van der Waals surface area contributed by atoms with Gasteiger partial charge in [0.25, 0.3) is 0 Å². The minimum absolute atomic E-state index is 0.477. The lowest BCUT2D eigenvalue weighted by Crippen LogP contribution is -1.94. The Bertz CT molecular complexity index is 1050. The molecule has 6 nitrogen and oxygen atoms in total. The molecule has 3 aromatic heterocycles. The SMILES string of the molecule is Cc1cccc(Oc2ccc(-c3cn(C)c4ncnc(N)c34)cc2)n1. The number of hydrogen-bond acceptors (Lipinski definition) is 5. The number of anilines is 1. The number of aryl methyl sites for hydroxylation is 2. The van der Waals surface area contributed by atoms with Crippen LogP contribution in [0.1, 0.15) is 5.69 Å². The molecule has 0 fully saturated rings. The number of nitrogens with two attached hydrogens (primary N) is 1. The number of fused-ring (bicyclic) bond motifs is 1. The van der Waals surface area contributed by atoms with Crippen molar-refractivity contribution in [2.75, 3.05) is 5.73 Å². The summed E-state index contributed by atoms with van der Waals surface area (Å²) in [7, 11) is 1.94. The molecule has 6 heteroatoms. The minimum Gasteiger partial charge on any atom is -0.439 e. The lowest BCUT2D eigenvalue weighted by molar-refractivity contribution is 0.462. The van der Waals surface area contributed by atoms with Gasteiger partial charge in [-0.25, -0.2) is 15.0 Å². The van der Waals surface area contributed by atoms with Crippen LogP contribution in [-0.2, 0) is 7.05 Å². The molecule has 0 aliphatic rings. The molecule has 0 aliphatic heterocycles. The maximum absolute atomic E-state index is 6.06. The van der Waals surface area contributed by atoms with Crippen molar-refractivity contribution in [2.24, 2.45) is 7.05 Å². The molecule has 0 atom stereocenters. The molecule has 4 aromatic rings. The summed E-state index contributed by atoms with van der Waals surface area (Å²) in [5.41, 5.74) is 9.81. The first-order valence-electron chi connectivity index (χ1n) is 7.89. The third-order valence-corrected chi connectivity index (χ3v) is 4.03. The molecule has 2 N–H and O–H groups in total. The molecule has 0 bridgehead atoms. The highest BCUT2D eigenvalue weighted by molar-refractivity contribution is 6.00. The van der Waals surface area contributed by atoms with E-state index in [4.69, 9.17) is 10.5 Å². The highest BCUT2D eigenvalue weighted by Crippen LogP contribution is 2.33. The summed E-state index contributed by atoms with van der Waals surface area (Å²) < 4.78 is 7.75. The summed E-state index contributed by atoms with van der Waals surface area (Å²) >= 11 is 0. The number of rotatable bonds is 3. The number of nitrogen functional groups attached to an aromatic ring is 1. The molecular weight excluding hydrogens is 314 g/mol. The van der Waals surface area contributed by atoms with Crippen molar-refractivity contribution in [3.63, 3.8) is 0 Å². The molecule has 124 valence electrons. The van der Waals surface area contributed by atoms with E-state index in [1.165, 1.54) is 6.33 Å². The summed E-state index contributed by atoms with van der Waals surface area (Å²) in [6, 6.07) is 13.5. The molecule has 25 heavy (non-hydrogen) atoms. The van der Waals surface area contributed by atoms with Crippen LogP contribution in [0.3, 0.4) is 0 Å². The van der Waals surface area contributed by atoms with Crippen LogP contribution in [0.4, 0.5) is 5.82 Å². The number of benzene rings is 1. The van der Waals surface area contributed by atoms with E-state index >= 15 is 0 Å². The van der Waals surface area contributed by atoms with Crippen molar-refractivity contribution in [1.82, 2.24) is 19.5 Å². The van der Waals surface area contributed by atoms with E-state index < -0.39 is 0 Å². The second kappa shape index (κ2) is 5.90. The van der Waals surface area contributed by atoms with E-state index in [-0.39, 0.29) is 0 Å². The number of pyridine rings is 1. The molecule has 0 radical (unpaired) electrons. The van der Waals surface area contributed by atoms with Crippen LogP contribution in [0, 0.1) is 6.92 Å². The Balaban J connectivity index is 1.69. The second-order valence-electron chi connectivity index (χ2n) is 5.85. The van der Waals surface area contributed by atoms with E-state index in [9.17, 15) is 0 Å². The topological polar surface area (TPSA) is 78.8 Å². The van der Waals surface area contributed by atoms with Gasteiger partial charge in [-0.15, -0.1) is 0 Å². The van der Waals surface area contributed by atoms with Crippen molar-refractivity contribution in [3.8, 4) is 22.8 Å². The Kier molecular flexibility index (Phi) is 3.57. The lowest BCUT2D eigenvalue weighted by atomic mass is 10.1. The molecule has 0 amide bonds. The smallest absolute Gasteiger partial charge is 0.219 e. The van der Waals surface area contributed by atoms with E-state index in [1.807, 2.05) is 67.2 Å². The minimum atomic E-state index is 0.477. The molecule has 0 unspecified atom stereocenters. The van der Waals surface area contributed by atoms with Gasteiger partial charge in [-0.3, -0.25) is 0 Å². The molecule has 0 aliphatic carbocycles. The quantitative estimate of drug-likeness (QED) is 0.619. The fourth-order valence-corrected chi connectivity index (χ4v) is 2.85. The van der Waals surface area contributed by atoms with Gasteiger partial charge in [0.2, 0.25) is 5.88 Å². The summed E-state index contributed by atoms with van der Waals surface area (Å²) in [6.07, 6.45) is 3.49. The van der Waals surface area contributed by atoms with Gasteiger partial charge in [-0.2, -0.15) is 0 Å². The van der Waals surface area contributed by atoms with Crippen LogP contribution in [0.25, 0.3) is 22.2 Å². The van der Waals surface area contributed by atoms with Gasteiger partial charge in [0.15, 0.2) is 0 Å². The molecule has 4 rings (SSSR count). The van der Waals surface area contributed by atoms with Crippen LogP contribution >= 0.6 is 0 Å². The summed E-state index contributed by atoms with van der Waals surface area (Å²) in [5.74, 6) is 1.78. The predicted molar refractivity (Wildman–Crippen MR) is 97.4 cm³/mol. The Hall–Kier alpha value is -3.41. The normalized spacial score (nSPS) is 11.0. The van der Waals surface area contributed by atoms with Crippen LogP contribution < -0.4 is 10.5 Å². The average molecular weight is 331 g/mol. The van der Waals surface area contributed by atoms with Gasteiger partial charge in [0, 0.05) is 30.6 Å². The third kappa shape index (κ3) is 2.78. The fourth-order valence-electron chi connectivity index (χ4n) is 2.85. The van der Waals surface area contributed by atoms with E-state index in [2.05, 4.69) is 15.0 Å². The van der Waals surface area contributed by atoms with Gasteiger partial charge in [0.1, 0.15) is 23.5 Å². The maximum Gasteiger partial charge on any atom is 0.219 e. The van der Waals surface area contributed by atoms with Gasteiger partial charge >= 0.3 is 0 Å². The second-order valence-corrected chi connectivity index (χ2v) is 5.85. The van der Waals surface area contributed by atoms with Gasteiger partial charge in [0.05, 0.1) is 5.39 Å². The van der Waals surface area contributed by atoms with Crippen molar-refractivity contribution in [2.45, 2.75) is 6.92 Å². The molecule has 0 saturated carbocycles. The Labute approximate surface area is 144 Å². The number of aromatic nitrogens is 4. The first-order valence-corrected chi connectivity index (χ1v) is 7.89. The largest absolute Gasteiger partial charge is 0.439 e. The van der Waals surface area contributed by atoms with Gasteiger partial charge < -0.3 is 15.0 Å². The Morgan fingerprint density at radius 2 is 1.84 bits per heavy atom. The van der Waals surface area contributed by atoms with Gasteiger partial charge in [-0.1, -0.05) is 18.2 Å². The van der Waals surface area contributed by atoms with Crippen molar-refractivity contribution < 1.29 is 4.74 Å². The lowest BCUT2D eigenvalue weighted by Gasteiger charge is -2.06. The number of nitrogens with zero attached hydrogens (tertiary/aromatic N) is 4. The van der Waals surface area contributed by atoms with E-state index in [1.54, 1.807) is 0 Å². The van der Waals surface area contributed by atoms with Crippen LogP contribution in [0.15, 0.2) is 55.0 Å². The highest BCUT2D eigenvalue weighted by atomic mass is 16.5. The zero-order valence-corrected chi connectivity index (χ0v) is 14.0. The van der Waals surface area contributed by atoms with E-state index in [0.717, 1.165) is 33.6 Å². The number of ether oxygens (including phenoxy) is 1. The fraction of sp³-hybridized carbons (Fsp3) is 0.105. The highest BCUT2D eigenvalue weighted by Gasteiger charge is 2.13. The maximum atomic E-state index is 6.06. The van der Waals surface area contributed by atoms with Crippen molar-refractivity contribution in [1.29, 1.82) is 0 Å². The first kappa shape index (κ1) is 15.1. The zero-order chi connectivity index (χ0) is 17.4. The molecule has 0 spiro atoms. The average Bonchev–Trinajstić information content (AvgIpc) is 2.94. The Morgan fingerprint density at radius 1 is 1.04 bits per heavy atom. The molecular formula is C19H17N5O. The van der Waals surface area contributed by atoms with Crippen molar-refractivity contribution in [3.05, 3.63) is 60.7 Å². The van der Waals surface area contributed by atoms with E-state index in [0.29, 0.717) is 11.7 Å². The van der Waals surface area contributed by atoms with Gasteiger partial charge in [-0.05, 0) is 30.7 Å². The zero-order valence-electron chi connectivity index (χ0n) is 14.0. The summed E-state index contributed by atoms with van der Waals surface area (Å²) in [4.78, 5) is 12.8. The first-order chi connectivity index (χ1) is 12.1. The van der Waals surface area contributed by atoms with Crippen LogP contribution in [0.5, 0.6) is 11.6 Å². The summed E-state index contributed by atoms with van der Waals surface area (Å²) in [5, 5.41) is 0.860. The molecule has 1 aromatic carbocycles. The monoisotopic (exact) mass is 331 g/mol. The third-order valence-electron chi connectivity index (χ3n) is 4.03. The predicted octanol–water partition coefficient (Wildman–Crippen LogP) is 3.71. The van der Waals surface area contributed by atoms with Crippen molar-refractivity contribution >= 4 is 16.9 Å². The number of hydrogen-bond donors (Lipinski definition) is 1. The van der Waals surface area contributed by atoms with Crippen LogP contribution in [-0.4, -0.2) is 19.5 Å². The standard InChI is InChI=1S/C19H17N5O/c1-12-4-3-5-16(23-12)25-14-8-6-13(7-9-14)15-10-24(2)19-17(15)18(20)21-11-22-19/h3-11H,1-2H3,(H2,20,21,22).